The van der Waals surface area contributed by atoms with Gasteiger partial charge in [-0.15, -0.1) is 5.10 Å². The number of hydrogen-bond acceptors (Lipinski definition) is 4. The number of hydrogen-bond donors (Lipinski definition) is 2. The maximum absolute atomic E-state index is 11.7. The third-order valence-electron chi connectivity index (χ3n) is 2.49. The molecule has 0 saturated carbocycles. The first-order valence-corrected chi connectivity index (χ1v) is 5.70. The number of nitrogens with zero attached hydrogens (tertiary/aromatic N) is 2. The van der Waals surface area contributed by atoms with Crippen LogP contribution < -0.4 is 10.1 Å². The van der Waals surface area contributed by atoms with Crippen molar-refractivity contribution in [2.75, 3.05) is 12.4 Å². The number of methoxy groups -OCH3 is 1. The van der Waals surface area contributed by atoms with Crippen molar-refractivity contribution < 1.29 is 9.53 Å². The molecule has 1 amide bonds. The summed E-state index contributed by atoms with van der Waals surface area (Å²) in [4.78, 5) is 15.6. The number of aryl methyl sites for hydroxylation is 1. The first kappa shape index (κ1) is 12.8. The minimum absolute atomic E-state index is 0.179. The van der Waals surface area contributed by atoms with Gasteiger partial charge in [0.1, 0.15) is 0 Å². The summed E-state index contributed by atoms with van der Waals surface area (Å²) in [7, 11) is 1.45. The van der Waals surface area contributed by atoms with E-state index in [4.69, 9.17) is 4.74 Å². The van der Waals surface area contributed by atoms with Gasteiger partial charge in [0.2, 0.25) is 5.95 Å². The van der Waals surface area contributed by atoms with E-state index in [1.807, 2.05) is 31.2 Å². The summed E-state index contributed by atoms with van der Waals surface area (Å²) in [6, 6.07) is 7.98. The average Bonchev–Trinajstić information content (AvgIpc) is 2.85. The maximum Gasteiger partial charge on any atom is 0.336 e. The number of aromatic nitrogens is 3. The van der Waals surface area contributed by atoms with E-state index < -0.39 is 0 Å². The first-order valence-electron chi connectivity index (χ1n) is 5.70. The predicted octanol–water partition coefficient (Wildman–Crippen LogP) is 1.77. The van der Waals surface area contributed by atoms with Gasteiger partial charge < -0.3 is 4.74 Å². The molecule has 0 unspecified atom stereocenters. The summed E-state index contributed by atoms with van der Waals surface area (Å²) >= 11 is 0. The predicted molar refractivity (Wildman–Crippen MR) is 71.8 cm³/mol. The van der Waals surface area contributed by atoms with Crippen molar-refractivity contribution in [1.29, 1.82) is 0 Å². The van der Waals surface area contributed by atoms with E-state index in [-0.39, 0.29) is 17.9 Å². The molecular weight excluding hydrogens is 244 g/mol. The molecule has 0 aliphatic heterocycles. The highest BCUT2D eigenvalue weighted by molar-refractivity contribution is 6.00. The number of nitrogens with one attached hydrogen (secondary N) is 2. The zero-order valence-corrected chi connectivity index (χ0v) is 10.7. The number of anilines is 1. The molecule has 0 aliphatic rings. The Morgan fingerprint density at radius 2 is 2.21 bits per heavy atom. The minimum Gasteiger partial charge on any atom is -0.466 e. The molecule has 0 radical (unpaired) electrons. The minimum atomic E-state index is -0.290. The largest absolute Gasteiger partial charge is 0.466 e. The van der Waals surface area contributed by atoms with Crippen molar-refractivity contribution in [3.8, 4) is 6.01 Å². The third kappa shape index (κ3) is 3.41. The summed E-state index contributed by atoms with van der Waals surface area (Å²) in [5.74, 6) is -0.0432. The van der Waals surface area contributed by atoms with E-state index in [2.05, 4.69) is 20.5 Å². The van der Waals surface area contributed by atoms with E-state index in [1.165, 1.54) is 13.2 Å². The van der Waals surface area contributed by atoms with Crippen LogP contribution in [-0.2, 0) is 4.79 Å². The molecule has 0 spiro atoms. The number of ether oxygens (including phenoxy) is 1. The zero-order valence-electron chi connectivity index (χ0n) is 10.7. The molecule has 2 N–H and O–H groups in total. The van der Waals surface area contributed by atoms with E-state index >= 15 is 0 Å². The number of H-pyrrole nitrogens is 1. The van der Waals surface area contributed by atoms with Gasteiger partial charge in [-0.1, -0.05) is 24.3 Å². The van der Waals surface area contributed by atoms with Gasteiger partial charge in [-0.05, 0) is 24.1 Å². The van der Waals surface area contributed by atoms with Gasteiger partial charge in [0.05, 0.1) is 7.11 Å². The van der Waals surface area contributed by atoms with Crippen LogP contribution in [0, 0.1) is 6.92 Å². The fourth-order valence-corrected chi connectivity index (χ4v) is 1.49. The highest BCUT2D eigenvalue weighted by Gasteiger charge is 2.04. The second-order valence-corrected chi connectivity index (χ2v) is 3.85. The number of aromatic amines is 1. The summed E-state index contributed by atoms with van der Waals surface area (Å²) in [6.07, 6.45) is 3.19. The normalized spacial score (nSPS) is 10.6. The molecule has 2 rings (SSSR count). The Balaban J connectivity index is 1.99. The molecule has 98 valence electrons. The number of carbonyl (C=O) groups excluding carboxylic acids is 1. The highest BCUT2D eigenvalue weighted by Crippen LogP contribution is 2.09. The molecule has 1 heterocycles. The van der Waals surface area contributed by atoms with Crippen molar-refractivity contribution in [3.63, 3.8) is 0 Å². The Morgan fingerprint density at radius 1 is 1.42 bits per heavy atom. The van der Waals surface area contributed by atoms with Gasteiger partial charge >= 0.3 is 6.01 Å². The fourth-order valence-electron chi connectivity index (χ4n) is 1.49. The van der Waals surface area contributed by atoms with E-state index in [0.29, 0.717) is 0 Å². The van der Waals surface area contributed by atoms with Crippen LogP contribution in [0.15, 0.2) is 30.3 Å². The lowest BCUT2D eigenvalue weighted by Gasteiger charge is -1.98. The van der Waals surface area contributed by atoms with E-state index in [1.54, 1.807) is 6.08 Å². The van der Waals surface area contributed by atoms with Gasteiger partial charge in [0, 0.05) is 6.08 Å². The van der Waals surface area contributed by atoms with Crippen LogP contribution >= 0.6 is 0 Å². The van der Waals surface area contributed by atoms with Crippen LogP contribution in [0.1, 0.15) is 11.1 Å². The van der Waals surface area contributed by atoms with Crippen molar-refractivity contribution in [2.24, 2.45) is 0 Å². The third-order valence-corrected chi connectivity index (χ3v) is 2.49. The van der Waals surface area contributed by atoms with Gasteiger partial charge in [-0.25, -0.2) is 5.10 Å². The Bertz CT molecular complexity index is 604. The van der Waals surface area contributed by atoms with Crippen LogP contribution in [0.25, 0.3) is 6.08 Å². The van der Waals surface area contributed by atoms with Gasteiger partial charge in [-0.3, -0.25) is 10.1 Å². The Labute approximate surface area is 110 Å². The molecule has 6 nitrogen and oxygen atoms in total. The van der Waals surface area contributed by atoms with E-state index in [9.17, 15) is 4.79 Å². The molecule has 0 aliphatic carbocycles. The molecular formula is C13H14N4O2. The van der Waals surface area contributed by atoms with Gasteiger partial charge in [-0.2, -0.15) is 4.98 Å². The average molecular weight is 258 g/mol. The van der Waals surface area contributed by atoms with E-state index in [0.717, 1.165) is 11.1 Å². The maximum atomic E-state index is 11.7. The quantitative estimate of drug-likeness (QED) is 0.819. The summed E-state index contributed by atoms with van der Waals surface area (Å²) in [6.45, 7) is 1.99. The smallest absolute Gasteiger partial charge is 0.336 e. The molecule has 19 heavy (non-hydrogen) atoms. The molecule has 1 aromatic carbocycles. The molecule has 6 heteroatoms. The number of amides is 1. The van der Waals surface area contributed by atoms with Gasteiger partial charge in [0.25, 0.3) is 5.91 Å². The lowest BCUT2D eigenvalue weighted by Crippen LogP contribution is -2.09. The molecule has 0 atom stereocenters. The SMILES string of the molecule is COc1n[nH]c(NC(=O)/C=C/c2ccccc2C)n1. The van der Waals surface area contributed by atoms with Crippen LogP contribution in [0.5, 0.6) is 6.01 Å². The fraction of sp³-hybridized carbons (Fsp3) is 0.154. The van der Waals surface area contributed by atoms with Crippen LogP contribution in [0.2, 0.25) is 0 Å². The first-order chi connectivity index (χ1) is 9.19. The standard InChI is InChI=1S/C13H14N4O2/c1-9-5-3-4-6-10(9)7-8-11(18)14-12-15-13(19-2)17-16-12/h3-8H,1-2H3,(H2,14,15,16,17,18)/b8-7+. The number of carbonyl (C=O) groups is 1. The molecule has 2 aromatic rings. The molecule has 0 bridgehead atoms. The molecule has 0 fully saturated rings. The lowest BCUT2D eigenvalue weighted by molar-refractivity contribution is -0.111. The Morgan fingerprint density at radius 3 is 2.89 bits per heavy atom. The number of rotatable bonds is 4. The van der Waals surface area contributed by atoms with Crippen molar-refractivity contribution >= 4 is 17.9 Å². The Kier molecular flexibility index (Phi) is 3.92. The highest BCUT2D eigenvalue weighted by atomic mass is 16.5. The van der Waals surface area contributed by atoms with Crippen LogP contribution in [0.3, 0.4) is 0 Å². The van der Waals surface area contributed by atoms with Crippen LogP contribution in [0.4, 0.5) is 5.95 Å². The Hall–Kier alpha value is -2.63. The monoisotopic (exact) mass is 258 g/mol. The van der Waals surface area contributed by atoms with Crippen molar-refractivity contribution in [1.82, 2.24) is 15.2 Å². The molecule has 1 aromatic heterocycles. The zero-order chi connectivity index (χ0) is 13.7. The second kappa shape index (κ2) is 5.81. The van der Waals surface area contributed by atoms with Gasteiger partial charge in [0.15, 0.2) is 0 Å². The topological polar surface area (TPSA) is 79.9 Å². The van der Waals surface area contributed by atoms with Crippen molar-refractivity contribution in [2.45, 2.75) is 6.92 Å². The van der Waals surface area contributed by atoms with Crippen molar-refractivity contribution in [3.05, 3.63) is 41.5 Å². The number of benzene rings is 1. The summed E-state index contributed by atoms with van der Waals surface area (Å²) < 4.78 is 4.80. The van der Waals surface area contributed by atoms with Crippen LogP contribution in [-0.4, -0.2) is 28.2 Å². The summed E-state index contributed by atoms with van der Waals surface area (Å²) in [5, 5.41) is 8.82. The lowest BCUT2D eigenvalue weighted by atomic mass is 10.1. The second-order valence-electron chi connectivity index (χ2n) is 3.85. The summed E-state index contributed by atoms with van der Waals surface area (Å²) in [5.41, 5.74) is 2.10. The molecule has 0 saturated heterocycles.